The van der Waals surface area contributed by atoms with Gasteiger partial charge in [-0.1, -0.05) is 6.08 Å². The standard InChI is InChI=1S/C9H13NO3/c1-6(11)10-8(9(12)13-2)5-7-3-4-7/h5,7H,3-4H2,1-2H3,(H,10,11)/b8-5+. The van der Waals surface area contributed by atoms with E-state index in [4.69, 9.17) is 0 Å². The van der Waals surface area contributed by atoms with Gasteiger partial charge in [-0.3, -0.25) is 4.79 Å². The molecule has 1 rings (SSSR count). The summed E-state index contributed by atoms with van der Waals surface area (Å²) in [5, 5.41) is 2.45. The highest BCUT2D eigenvalue weighted by Gasteiger charge is 2.22. The number of esters is 1. The minimum atomic E-state index is -0.484. The molecule has 4 heteroatoms. The molecule has 1 aliphatic carbocycles. The topological polar surface area (TPSA) is 55.4 Å². The molecule has 0 aromatic carbocycles. The van der Waals surface area contributed by atoms with Crippen LogP contribution in [0.1, 0.15) is 19.8 Å². The maximum Gasteiger partial charge on any atom is 0.354 e. The van der Waals surface area contributed by atoms with E-state index < -0.39 is 5.97 Å². The van der Waals surface area contributed by atoms with E-state index in [2.05, 4.69) is 10.1 Å². The fourth-order valence-electron chi connectivity index (χ4n) is 0.959. The molecule has 1 saturated carbocycles. The first kappa shape index (κ1) is 9.77. The summed E-state index contributed by atoms with van der Waals surface area (Å²) < 4.78 is 4.52. The second kappa shape index (κ2) is 4.07. The molecule has 0 unspecified atom stereocenters. The molecule has 0 aromatic heterocycles. The average molecular weight is 183 g/mol. The van der Waals surface area contributed by atoms with Crippen molar-refractivity contribution >= 4 is 11.9 Å². The maximum atomic E-state index is 11.1. The molecule has 0 aliphatic heterocycles. The van der Waals surface area contributed by atoms with Crippen LogP contribution in [0.3, 0.4) is 0 Å². The van der Waals surface area contributed by atoms with Gasteiger partial charge in [0.25, 0.3) is 0 Å². The van der Waals surface area contributed by atoms with Gasteiger partial charge < -0.3 is 10.1 Å². The zero-order chi connectivity index (χ0) is 9.84. The summed E-state index contributed by atoms with van der Waals surface area (Å²) in [6.45, 7) is 1.36. The summed E-state index contributed by atoms with van der Waals surface area (Å²) in [7, 11) is 1.30. The van der Waals surface area contributed by atoms with E-state index in [9.17, 15) is 9.59 Å². The van der Waals surface area contributed by atoms with Crippen LogP contribution in [0.15, 0.2) is 11.8 Å². The Bertz CT molecular complexity index is 254. The molecule has 0 atom stereocenters. The Labute approximate surface area is 76.9 Å². The first-order chi connectivity index (χ1) is 6.13. The van der Waals surface area contributed by atoms with Crippen LogP contribution >= 0.6 is 0 Å². The van der Waals surface area contributed by atoms with Crippen molar-refractivity contribution in [3.63, 3.8) is 0 Å². The lowest BCUT2D eigenvalue weighted by Crippen LogP contribution is -2.25. The number of hydrogen-bond donors (Lipinski definition) is 1. The zero-order valence-electron chi connectivity index (χ0n) is 7.79. The number of allylic oxidation sites excluding steroid dienone is 1. The molecule has 1 amide bonds. The fraction of sp³-hybridized carbons (Fsp3) is 0.556. The van der Waals surface area contributed by atoms with Crippen molar-refractivity contribution in [3.8, 4) is 0 Å². The lowest BCUT2D eigenvalue weighted by molar-refractivity contribution is -0.137. The van der Waals surface area contributed by atoms with Crippen molar-refractivity contribution in [1.82, 2.24) is 5.32 Å². The number of amides is 1. The number of ether oxygens (including phenoxy) is 1. The first-order valence-electron chi connectivity index (χ1n) is 4.21. The van der Waals surface area contributed by atoms with Gasteiger partial charge in [-0.25, -0.2) is 4.79 Å². The smallest absolute Gasteiger partial charge is 0.354 e. The highest BCUT2D eigenvalue weighted by atomic mass is 16.5. The molecule has 0 radical (unpaired) electrons. The van der Waals surface area contributed by atoms with Gasteiger partial charge in [0.15, 0.2) is 0 Å². The summed E-state index contributed by atoms with van der Waals surface area (Å²) in [5.74, 6) is -0.305. The predicted molar refractivity (Wildman–Crippen MR) is 46.6 cm³/mol. The number of hydrogen-bond acceptors (Lipinski definition) is 3. The van der Waals surface area contributed by atoms with Crippen molar-refractivity contribution in [1.29, 1.82) is 0 Å². The van der Waals surface area contributed by atoms with Crippen LogP contribution in [-0.2, 0) is 14.3 Å². The summed E-state index contributed by atoms with van der Waals surface area (Å²) in [5.41, 5.74) is 0.262. The van der Waals surface area contributed by atoms with Crippen molar-refractivity contribution in [2.45, 2.75) is 19.8 Å². The third kappa shape index (κ3) is 3.27. The predicted octanol–water partition coefficient (Wildman–Crippen LogP) is 0.589. The van der Waals surface area contributed by atoms with Gasteiger partial charge in [-0.2, -0.15) is 0 Å². The van der Waals surface area contributed by atoms with E-state index in [0.29, 0.717) is 5.92 Å². The molecule has 0 bridgehead atoms. The van der Waals surface area contributed by atoms with E-state index >= 15 is 0 Å². The van der Waals surface area contributed by atoms with Gasteiger partial charge in [0, 0.05) is 6.92 Å². The molecule has 1 fully saturated rings. The van der Waals surface area contributed by atoms with Crippen molar-refractivity contribution in [2.24, 2.45) is 5.92 Å². The van der Waals surface area contributed by atoms with E-state index in [1.807, 2.05) is 0 Å². The summed E-state index contributed by atoms with van der Waals surface area (Å²) in [4.78, 5) is 21.8. The SMILES string of the molecule is COC(=O)/C(=C\C1CC1)NC(C)=O. The second-order valence-electron chi connectivity index (χ2n) is 3.09. The third-order valence-electron chi connectivity index (χ3n) is 1.74. The van der Waals surface area contributed by atoms with Gasteiger partial charge in [-0.15, -0.1) is 0 Å². The molecule has 0 heterocycles. The zero-order valence-corrected chi connectivity index (χ0v) is 7.79. The summed E-state index contributed by atoms with van der Waals surface area (Å²) in [6.07, 6.45) is 3.92. The lowest BCUT2D eigenvalue weighted by Gasteiger charge is -2.04. The van der Waals surface area contributed by atoms with Crippen LogP contribution in [0.25, 0.3) is 0 Å². The highest BCUT2D eigenvalue weighted by Crippen LogP contribution is 2.31. The van der Waals surface area contributed by atoms with E-state index in [-0.39, 0.29) is 11.6 Å². The van der Waals surface area contributed by atoms with Crippen LogP contribution in [-0.4, -0.2) is 19.0 Å². The van der Waals surface area contributed by atoms with Crippen LogP contribution in [0.5, 0.6) is 0 Å². The molecule has 0 aromatic rings. The largest absolute Gasteiger partial charge is 0.464 e. The van der Waals surface area contributed by atoms with Crippen molar-refractivity contribution < 1.29 is 14.3 Å². The van der Waals surface area contributed by atoms with Crippen LogP contribution in [0.4, 0.5) is 0 Å². The van der Waals surface area contributed by atoms with Gasteiger partial charge >= 0.3 is 5.97 Å². The van der Waals surface area contributed by atoms with E-state index in [1.165, 1.54) is 14.0 Å². The van der Waals surface area contributed by atoms with E-state index in [1.54, 1.807) is 6.08 Å². The van der Waals surface area contributed by atoms with Gasteiger partial charge in [-0.05, 0) is 18.8 Å². The molecule has 13 heavy (non-hydrogen) atoms. The van der Waals surface area contributed by atoms with Crippen LogP contribution < -0.4 is 5.32 Å². The Kier molecular flexibility index (Phi) is 3.06. The Morgan fingerprint density at radius 3 is 2.46 bits per heavy atom. The average Bonchev–Trinajstić information content (AvgIpc) is 2.85. The third-order valence-corrected chi connectivity index (χ3v) is 1.74. The lowest BCUT2D eigenvalue weighted by atomic mass is 10.3. The minimum absolute atomic E-state index is 0.252. The quantitative estimate of drug-likeness (QED) is 0.514. The van der Waals surface area contributed by atoms with Crippen molar-refractivity contribution in [2.75, 3.05) is 7.11 Å². The molecular formula is C9H13NO3. The Hall–Kier alpha value is -1.32. The van der Waals surface area contributed by atoms with Gasteiger partial charge in [0.2, 0.25) is 5.91 Å². The minimum Gasteiger partial charge on any atom is -0.464 e. The van der Waals surface area contributed by atoms with E-state index in [0.717, 1.165) is 12.8 Å². The molecule has 72 valence electrons. The Morgan fingerprint density at radius 2 is 2.08 bits per heavy atom. The number of rotatable bonds is 3. The summed E-state index contributed by atoms with van der Waals surface area (Å²) >= 11 is 0. The van der Waals surface area contributed by atoms with Crippen molar-refractivity contribution in [3.05, 3.63) is 11.8 Å². The number of carbonyl (C=O) groups is 2. The molecule has 1 N–H and O–H groups in total. The molecule has 4 nitrogen and oxygen atoms in total. The van der Waals surface area contributed by atoms with Gasteiger partial charge in [0.1, 0.15) is 5.70 Å². The number of methoxy groups -OCH3 is 1. The molecule has 1 aliphatic rings. The Morgan fingerprint density at radius 1 is 1.46 bits per heavy atom. The Balaban J connectivity index is 2.62. The highest BCUT2D eigenvalue weighted by molar-refractivity contribution is 5.93. The van der Waals surface area contributed by atoms with Crippen LogP contribution in [0, 0.1) is 5.92 Å². The first-order valence-corrected chi connectivity index (χ1v) is 4.21. The molecular weight excluding hydrogens is 170 g/mol. The summed E-state index contributed by atoms with van der Waals surface area (Å²) in [6, 6.07) is 0. The van der Waals surface area contributed by atoms with Crippen LogP contribution in [0.2, 0.25) is 0 Å². The maximum absolute atomic E-state index is 11.1. The monoisotopic (exact) mass is 183 g/mol. The second-order valence-corrected chi connectivity index (χ2v) is 3.09. The molecule has 0 spiro atoms. The van der Waals surface area contributed by atoms with Gasteiger partial charge in [0.05, 0.1) is 7.11 Å². The fourth-order valence-corrected chi connectivity index (χ4v) is 0.959. The number of nitrogens with one attached hydrogen (secondary N) is 1. The molecule has 0 saturated heterocycles. The normalized spacial score (nSPS) is 16.6. The number of carbonyl (C=O) groups excluding carboxylic acids is 2.